The molecular weight excluding hydrogens is 216 g/mol. The molecule has 0 saturated carbocycles. The number of hydrogen-bond donors (Lipinski definition) is 3. The normalized spacial score (nSPS) is 13.6. The summed E-state index contributed by atoms with van der Waals surface area (Å²) in [5.41, 5.74) is 0. The summed E-state index contributed by atoms with van der Waals surface area (Å²) in [6.45, 7) is 4.56. The monoisotopic (exact) mass is 234 g/mol. The first-order chi connectivity index (χ1) is 8.50. The van der Waals surface area contributed by atoms with Gasteiger partial charge in [0, 0.05) is 51.0 Å². The molecule has 2 aromatic heterocycles. The summed E-state index contributed by atoms with van der Waals surface area (Å²) >= 11 is 0. The summed E-state index contributed by atoms with van der Waals surface area (Å²) in [5.74, 6) is 0. The predicted octanol–water partition coefficient (Wildman–Crippen LogP) is 0.0655. The molecule has 1 aliphatic rings. The van der Waals surface area contributed by atoms with E-state index in [0.717, 1.165) is 26.2 Å². The Bertz CT molecular complexity index is 264. The lowest BCUT2D eigenvalue weighted by Gasteiger charge is -2.11. The van der Waals surface area contributed by atoms with Crippen LogP contribution in [0, 0.1) is 0 Å². The number of aromatic amines is 1. The number of nitrogens with one attached hydrogen (secondary N) is 3. The minimum atomic E-state index is 1.14. The molecule has 0 atom stereocenters. The van der Waals surface area contributed by atoms with Gasteiger partial charge in [-0.25, -0.2) is 0 Å². The SMILES string of the molecule is C1CNCCN1.c1ccnnc1.c1cn[nH]c1. The van der Waals surface area contributed by atoms with Gasteiger partial charge in [-0.05, 0) is 18.2 Å². The lowest BCUT2D eigenvalue weighted by atomic mass is 10.4. The Hall–Kier alpha value is -1.79. The minimum absolute atomic E-state index is 1.14. The third-order valence-corrected chi connectivity index (χ3v) is 1.85. The average Bonchev–Trinajstić information content (AvgIpc) is 3.03. The number of rotatable bonds is 0. The quantitative estimate of drug-likeness (QED) is 0.601. The van der Waals surface area contributed by atoms with E-state index in [-0.39, 0.29) is 0 Å². The molecule has 1 saturated heterocycles. The Kier molecular flexibility index (Phi) is 8.37. The van der Waals surface area contributed by atoms with Crippen molar-refractivity contribution >= 4 is 0 Å². The largest absolute Gasteiger partial charge is 0.314 e. The molecule has 0 unspecified atom stereocenters. The Morgan fingerprint density at radius 3 is 1.47 bits per heavy atom. The number of aromatic nitrogens is 4. The van der Waals surface area contributed by atoms with E-state index in [4.69, 9.17) is 0 Å². The van der Waals surface area contributed by atoms with Crippen LogP contribution < -0.4 is 10.6 Å². The Balaban J connectivity index is 0.000000128. The molecule has 0 aliphatic carbocycles. The van der Waals surface area contributed by atoms with Crippen molar-refractivity contribution in [1.29, 1.82) is 0 Å². The fourth-order valence-corrected chi connectivity index (χ4v) is 1.07. The van der Waals surface area contributed by atoms with Crippen LogP contribution in [0.25, 0.3) is 0 Å². The summed E-state index contributed by atoms with van der Waals surface area (Å²) in [4.78, 5) is 0. The highest BCUT2D eigenvalue weighted by molar-refractivity contribution is 4.79. The van der Waals surface area contributed by atoms with Crippen LogP contribution in [0.3, 0.4) is 0 Å². The first-order valence-electron chi connectivity index (χ1n) is 5.57. The highest BCUT2D eigenvalue weighted by Gasteiger charge is 1.91. The molecule has 3 N–H and O–H groups in total. The lowest BCUT2D eigenvalue weighted by Crippen LogP contribution is -2.39. The number of nitrogens with zero attached hydrogens (tertiary/aromatic N) is 3. The van der Waals surface area contributed by atoms with E-state index < -0.39 is 0 Å². The fraction of sp³-hybridized carbons (Fsp3) is 0.364. The molecule has 6 heteroatoms. The first kappa shape index (κ1) is 13.3. The molecule has 0 bridgehead atoms. The van der Waals surface area contributed by atoms with Crippen LogP contribution in [0.15, 0.2) is 43.0 Å². The fourth-order valence-electron chi connectivity index (χ4n) is 1.07. The molecule has 3 heterocycles. The van der Waals surface area contributed by atoms with Crippen molar-refractivity contribution in [3.8, 4) is 0 Å². The van der Waals surface area contributed by atoms with Crippen LogP contribution in [-0.2, 0) is 0 Å². The van der Waals surface area contributed by atoms with Gasteiger partial charge in [-0.2, -0.15) is 15.3 Å². The molecular formula is C11H18N6. The minimum Gasteiger partial charge on any atom is -0.314 e. The molecule has 3 rings (SSSR count). The van der Waals surface area contributed by atoms with Gasteiger partial charge in [0.05, 0.1) is 0 Å². The van der Waals surface area contributed by atoms with Crippen molar-refractivity contribution in [2.45, 2.75) is 0 Å². The van der Waals surface area contributed by atoms with E-state index in [1.54, 1.807) is 24.8 Å². The van der Waals surface area contributed by atoms with Crippen molar-refractivity contribution in [1.82, 2.24) is 31.0 Å². The Morgan fingerprint density at radius 2 is 1.29 bits per heavy atom. The molecule has 1 aliphatic heterocycles. The zero-order valence-electron chi connectivity index (χ0n) is 9.71. The van der Waals surface area contributed by atoms with Crippen molar-refractivity contribution in [3.63, 3.8) is 0 Å². The third kappa shape index (κ3) is 9.16. The molecule has 0 amide bonds. The van der Waals surface area contributed by atoms with Crippen LogP contribution in [-0.4, -0.2) is 46.6 Å². The molecule has 0 spiro atoms. The summed E-state index contributed by atoms with van der Waals surface area (Å²) < 4.78 is 0. The van der Waals surface area contributed by atoms with E-state index in [0.29, 0.717) is 0 Å². The van der Waals surface area contributed by atoms with Crippen molar-refractivity contribution in [2.24, 2.45) is 0 Å². The van der Waals surface area contributed by atoms with Gasteiger partial charge in [-0.1, -0.05) is 0 Å². The van der Waals surface area contributed by atoms with Gasteiger partial charge >= 0.3 is 0 Å². The standard InChI is InChI=1S/C4H10N2.C4H4N2.C3H4N2/c1-2-6-4-3-5-1;1-2-4-6-5-3-1;1-2-4-5-3-1/h5-6H,1-4H2;1-4H;1-3H,(H,4,5). The molecule has 92 valence electrons. The lowest BCUT2D eigenvalue weighted by molar-refractivity contribution is 0.534. The summed E-state index contributed by atoms with van der Waals surface area (Å²) in [5, 5.41) is 19.7. The predicted molar refractivity (Wildman–Crippen MR) is 66.4 cm³/mol. The van der Waals surface area contributed by atoms with E-state index in [2.05, 4.69) is 31.0 Å². The molecule has 2 aromatic rings. The summed E-state index contributed by atoms with van der Waals surface area (Å²) in [6.07, 6.45) is 6.74. The maximum absolute atomic E-state index is 3.60. The number of piperazine rings is 1. The maximum Gasteiger partial charge on any atom is 0.0496 e. The first-order valence-corrected chi connectivity index (χ1v) is 5.57. The summed E-state index contributed by atoms with van der Waals surface area (Å²) in [6, 6.07) is 5.49. The van der Waals surface area contributed by atoms with Gasteiger partial charge in [-0.15, -0.1) is 0 Å². The van der Waals surface area contributed by atoms with Gasteiger partial charge in [0.2, 0.25) is 0 Å². The topological polar surface area (TPSA) is 78.5 Å². The van der Waals surface area contributed by atoms with Crippen LogP contribution >= 0.6 is 0 Å². The maximum atomic E-state index is 3.60. The van der Waals surface area contributed by atoms with Crippen LogP contribution in [0.4, 0.5) is 0 Å². The van der Waals surface area contributed by atoms with E-state index >= 15 is 0 Å². The Labute approximate surface area is 101 Å². The Morgan fingerprint density at radius 1 is 0.706 bits per heavy atom. The molecule has 0 aromatic carbocycles. The number of hydrogen-bond acceptors (Lipinski definition) is 5. The van der Waals surface area contributed by atoms with E-state index in [1.165, 1.54) is 0 Å². The highest BCUT2D eigenvalue weighted by atomic mass is 15.1. The summed E-state index contributed by atoms with van der Waals surface area (Å²) in [7, 11) is 0. The highest BCUT2D eigenvalue weighted by Crippen LogP contribution is 1.68. The second kappa shape index (κ2) is 10.7. The zero-order chi connectivity index (χ0) is 12.0. The van der Waals surface area contributed by atoms with Crippen molar-refractivity contribution < 1.29 is 0 Å². The van der Waals surface area contributed by atoms with Gasteiger partial charge in [0.15, 0.2) is 0 Å². The third-order valence-electron chi connectivity index (χ3n) is 1.85. The van der Waals surface area contributed by atoms with E-state index in [9.17, 15) is 0 Å². The number of H-pyrrole nitrogens is 1. The molecule has 6 nitrogen and oxygen atoms in total. The van der Waals surface area contributed by atoms with Crippen molar-refractivity contribution in [3.05, 3.63) is 43.0 Å². The molecule has 1 fully saturated rings. The molecule has 0 radical (unpaired) electrons. The van der Waals surface area contributed by atoms with E-state index in [1.807, 2.05) is 18.2 Å². The van der Waals surface area contributed by atoms with Gasteiger partial charge in [0.1, 0.15) is 0 Å². The second-order valence-corrected chi connectivity index (χ2v) is 3.18. The zero-order valence-corrected chi connectivity index (χ0v) is 9.71. The van der Waals surface area contributed by atoms with Gasteiger partial charge in [0.25, 0.3) is 0 Å². The van der Waals surface area contributed by atoms with Crippen LogP contribution in [0.2, 0.25) is 0 Å². The second-order valence-electron chi connectivity index (χ2n) is 3.18. The average molecular weight is 234 g/mol. The van der Waals surface area contributed by atoms with Crippen LogP contribution in [0.5, 0.6) is 0 Å². The van der Waals surface area contributed by atoms with Gasteiger partial charge < -0.3 is 10.6 Å². The van der Waals surface area contributed by atoms with Gasteiger partial charge in [-0.3, -0.25) is 5.10 Å². The van der Waals surface area contributed by atoms with Crippen molar-refractivity contribution in [2.75, 3.05) is 26.2 Å². The smallest absolute Gasteiger partial charge is 0.0496 e. The molecule has 17 heavy (non-hydrogen) atoms. The van der Waals surface area contributed by atoms with Crippen LogP contribution in [0.1, 0.15) is 0 Å².